The first-order chi connectivity index (χ1) is 13.6. The van der Waals surface area contributed by atoms with E-state index >= 15 is 0 Å². The SMILES string of the molecule is CC[C@H]1CN2CC[C@]3(C(=O)Nc4ccccc43)[C@H]2C[C@H]1/C(=C\OC)C(=O)OC. The molecule has 0 aliphatic carbocycles. The molecule has 1 spiro atoms. The van der Waals surface area contributed by atoms with Gasteiger partial charge in [-0.1, -0.05) is 31.5 Å². The molecule has 6 nitrogen and oxygen atoms in total. The minimum atomic E-state index is -0.540. The van der Waals surface area contributed by atoms with Crippen molar-refractivity contribution < 1.29 is 19.1 Å². The first-order valence-corrected chi connectivity index (χ1v) is 10.0. The maximum atomic E-state index is 13.2. The molecule has 3 aliphatic heterocycles. The third kappa shape index (κ3) is 2.65. The lowest BCUT2D eigenvalue weighted by molar-refractivity contribution is -0.137. The van der Waals surface area contributed by atoms with E-state index in [0.29, 0.717) is 11.5 Å². The van der Waals surface area contributed by atoms with Gasteiger partial charge in [0.15, 0.2) is 0 Å². The smallest absolute Gasteiger partial charge is 0.337 e. The van der Waals surface area contributed by atoms with Crippen molar-refractivity contribution >= 4 is 17.6 Å². The molecular formula is C22H28N2O4. The lowest BCUT2D eigenvalue weighted by atomic mass is 9.67. The normalized spacial score (nSPS) is 32.0. The number of piperidine rings is 1. The number of rotatable bonds is 4. The van der Waals surface area contributed by atoms with E-state index < -0.39 is 5.41 Å². The van der Waals surface area contributed by atoms with Crippen LogP contribution in [0, 0.1) is 11.8 Å². The molecule has 0 bridgehead atoms. The van der Waals surface area contributed by atoms with Crippen LogP contribution in [0.4, 0.5) is 5.69 Å². The van der Waals surface area contributed by atoms with Crippen LogP contribution in [0.1, 0.15) is 31.7 Å². The Bertz CT molecular complexity index is 821. The highest BCUT2D eigenvalue weighted by molar-refractivity contribution is 6.07. The van der Waals surface area contributed by atoms with Crippen LogP contribution in [0.15, 0.2) is 36.1 Å². The van der Waals surface area contributed by atoms with Crippen molar-refractivity contribution in [3.63, 3.8) is 0 Å². The molecule has 4 rings (SSSR count). The molecule has 6 heteroatoms. The number of carbonyl (C=O) groups excluding carboxylic acids is 2. The third-order valence-electron chi connectivity index (χ3n) is 6.97. The van der Waals surface area contributed by atoms with Crippen LogP contribution >= 0.6 is 0 Å². The number of para-hydroxylation sites is 1. The zero-order valence-corrected chi connectivity index (χ0v) is 16.7. The van der Waals surface area contributed by atoms with E-state index in [4.69, 9.17) is 9.47 Å². The lowest BCUT2D eigenvalue weighted by Crippen LogP contribution is -2.53. The summed E-state index contributed by atoms with van der Waals surface area (Å²) in [7, 11) is 2.95. The van der Waals surface area contributed by atoms with Gasteiger partial charge in [0.2, 0.25) is 5.91 Å². The van der Waals surface area contributed by atoms with Gasteiger partial charge < -0.3 is 14.8 Å². The van der Waals surface area contributed by atoms with Crippen LogP contribution in [-0.4, -0.2) is 50.1 Å². The molecule has 0 aromatic heterocycles. The summed E-state index contributed by atoms with van der Waals surface area (Å²) >= 11 is 0. The van der Waals surface area contributed by atoms with Gasteiger partial charge >= 0.3 is 5.97 Å². The fraction of sp³-hybridized carbons (Fsp3) is 0.545. The predicted molar refractivity (Wildman–Crippen MR) is 106 cm³/mol. The molecule has 28 heavy (non-hydrogen) atoms. The number of methoxy groups -OCH3 is 2. The highest BCUT2D eigenvalue weighted by Crippen LogP contribution is 2.53. The van der Waals surface area contributed by atoms with Crippen molar-refractivity contribution in [2.24, 2.45) is 11.8 Å². The van der Waals surface area contributed by atoms with E-state index in [1.165, 1.54) is 13.4 Å². The summed E-state index contributed by atoms with van der Waals surface area (Å²) in [5, 5.41) is 3.10. The molecule has 1 N–H and O–H groups in total. The van der Waals surface area contributed by atoms with E-state index in [0.717, 1.165) is 43.6 Å². The average Bonchev–Trinajstić information content (AvgIpc) is 3.23. The highest BCUT2D eigenvalue weighted by atomic mass is 16.5. The third-order valence-corrected chi connectivity index (χ3v) is 6.97. The average molecular weight is 384 g/mol. The van der Waals surface area contributed by atoms with E-state index in [2.05, 4.69) is 23.2 Å². The number of nitrogens with zero attached hydrogens (tertiary/aromatic N) is 1. The summed E-state index contributed by atoms with van der Waals surface area (Å²) < 4.78 is 10.3. The van der Waals surface area contributed by atoms with Crippen molar-refractivity contribution in [1.82, 2.24) is 4.90 Å². The Balaban J connectivity index is 1.74. The monoisotopic (exact) mass is 384 g/mol. The molecule has 0 saturated carbocycles. The Labute approximate surface area is 165 Å². The number of nitrogens with one attached hydrogen (secondary N) is 1. The second-order valence-corrected chi connectivity index (χ2v) is 8.04. The Kier molecular flexibility index (Phi) is 4.91. The number of benzene rings is 1. The van der Waals surface area contributed by atoms with Crippen LogP contribution in [0.2, 0.25) is 0 Å². The number of fused-ring (bicyclic) bond motifs is 4. The molecule has 3 heterocycles. The van der Waals surface area contributed by atoms with Crippen molar-refractivity contribution in [3.05, 3.63) is 41.7 Å². The van der Waals surface area contributed by atoms with Crippen LogP contribution in [0.25, 0.3) is 0 Å². The number of carbonyl (C=O) groups is 2. The fourth-order valence-corrected chi connectivity index (χ4v) is 5.63. The summed E-state index contributed by atoms with van der Waals surface area (Å²) in [4.78, 5) is 28.1. The second-order valence-electron chi connectivity index (χ2n) is 8.04. The standard InChI is InChI=1S/C22H28N2O4/c1-4-14-12-24-10-9-22(17-7-5-6-8-18(17)23-21(22)26)19(24)11-15(14)16(13-27-2)20(25)28-3/h5-8,13-15,19H,4,9-12H2,1-3H3,(H,23,26)/b16-13+/t14-,15+,19+,22+/m0/s1. The molecule has 2 fully saturated rings. The molecular weight excluding hydrogens is 356 g/mol. The van der Waals surface area contributed by atoms with Gasteiger partial charge in [-0.15, -0.1) is 0 Å². The molecule has 150 valence electrons. The van der Waals surface area contributed by atoms with Gasteiger partial charge in [0, 0.05) is 18.3 Å². The summed E-state index contributed by atoms with van der Waals surface area (Å²) in [5.74, 6) is 0.0769. The lowest BCUT2D eigenvalue weighted by Gasteiger charge is -2.45. The largest absolute Gasteiger partial charge is 0.504 e. The van der Waals surface area contributed by atoms with Crippen molar-refractivity contribution in [1.29, 1.82) is 0 Å². The molecule has 0 unspecified atom stereocenters. The molecule has 2 saturated heterocycles. The minimum absolute atomic E-state index is 0.00851. The van der Waals surface area contributed by atoms with Gasteiger partial charge in [0.1, 0.15) is 0 Å². The Morgan fingerprint density at radius 3 is 2.86 bits per heavy atom. The predicted octanol–water partition coefficient (Wildman–Crippen LogP) is 2.70. The highest BCUT2D eigenvalue weighted by Gasteiger charge is 2.60. The van der Waals surface area contributed by atoms with Gasteiger partial charge in [-0.2, -0.15) is 0 Å². The number of hydrogen-bond acceptors (Lipinski definition) is 5. The van der Waals surface area contributed by atoms with Crippen LogP contribution < -0.4 is 5.32 Å². The van der Waals surface area contributed by atoms with Gasteiger partial charge in [-0.25, -0.2) is 4.79 Å². The van der Waals surface area contributed by atoms with Crippen molar-refractivity contribution in [2.75, 3.05) is 32.6 Å². The summed E-state index contributed by atoms with van der Waals surface area (Å²) in [6.45, 7) is 3.93. The quantitative estimate of drug-likeness (QED) is 0.491. The molecule has 4 atom stereocenters. The molecule has 1 aromatic rings. The van der Waals surface area contributed by atoms with Crippen molar-refractivity contribution in [2.45, 2.75) is 37.6 Å². The zero-order chi connectivity index (χ0) is 19.9. The molecule has 1 amide bonds. The number of esters is 1. The van der Waals surface area contributed by atoms with E-state index in [9.17, 15) is 9.59 Å². The second kappa shape index (κ2) is 7.24. The fourth-order valence-electron chi connectivity index (χ4n) is 5.63. The first kappa shape index (κ1) is 19.0. The van der Waals surface area contributed by atoms with Crippen molar-refractivity contribution in [3.8, 4) is 0 Å². The molecule has 0 radical (unpaired) electrons. The van der Waals surface area contributed by atoms with E-state index in [1.807, 2.05) is 18.2 Å². The van der Waals surface area contributed by atoms with Crippen LogP contribution in [-0.2, 0) is 24.5 Å². The van der Waals surface area contributed by atoms with E-state index in [-0.39, 0.29) is 23.8 Å². The minimum Gasteiger partial charge on any atom is -0.504 e. The summed E-state index contributed by atoms with van der Waals surface area (Å²) in [6, 6.07) is 8.07. The number of hydrogen-bond donors (Lipinski definition) is 1. The Morgan fingerprint density at radius 2 is 2.14 bits per heavy atom. The van der Waals surface area contributed by atoms with E-state index in [1.54, 1.807) is 7.11 Å². The topological polar surface area (TPSA) is 67.9 Å². The summed E-state index contributed by atoms with van der Waals surface area (Å²) in [6.07, 6.45) is 4.04. The van der Waals surface area contributed by atoms with Gasteiger partial charge in [0.25, 0.3) is 0 Å². The number of amides is 1. The molecule has 3 aliphatic rings. The maximum Gasteiger partial charge on any atom is 0.337 e. The van der Waals surface area contributed by atoms with Gasteiger partial charge in [-0.05, 0) is 42.9 Å². The number of ether oxygens (including phenoxy) is 2. The zero-order valence-electron chi connectivity index (χ0n) is 16.7. The molecule has 1 aromatic carbocycles. The van der Waals surface area contributed by atoms with Gasteiger partial charge in [-0.3, -0.25) is 9.69 Å². The first-order valence-electron chi connectivity index (χ1n) is 10.0. The maximum absolute atomic E-state index is 13.2. The Hall–Kier alpha value is -2.34. The Morgan fingerprint density at radius 1 is 1.36 bits per heavy atom. The van der Waals surface area contributed by atoms with Crippen LogP contribution in [0.5, 0.6) is 0 Å². The number of anilines is 1. The van der Waals surface area contributed by atoms with Crippen LogP contribution in [0.3, 0.4) is 0 Å². The van der Waals surface area contributed by atoms with Gasteiger partial charge in [0.05, 0.1) is 31.5 Å². The summed E-state index contributed by atoms with van der Waals surface area (Å²) in [5.41, 5.74) is 2.05.